The van der Waals surface area contributed by atoms with Crippen molar-refractivity contribution in [3.8, 4) is 5.75 Å². The second-order valence-corrected chi connectivity index (χ2v) is 4.93. The summed E-state index contributed by atoms with van der Waals surface area (Å²) in [5, 5.41) is 4.74. The van der Waals surface area contributed by atoms with E-state index in [0.717, 1.165) is 0 Å². The molecule has 0 atom stereocenters. The first-order chi connectivity index (χ1) is 12.3. The third-order valence-electron chi connectivity index (χ3n) is 2.99. The predicted octanol–water partition coefficient (Wildman–Crippen LogP) is 3.45. The summed E-state index contributed by atoms with van der Waals surface area (Å²) in [4.78, 5) is 27.3. The summed E-state index contributed by atoms with van der Waals surface area (Å²) in [7, 11) is 1.33. The predicted molar refractivity (Wildman–Crippen MR) is 86.2 cm³/mol. The number of ether oxygens (including phenoxy) is 2. The van der Waals surface area contributed by atoms with E-state index >= 15 is 0 Å². The van der Waals surface area contributed by atoms with Crippen LogP contribution in [0.4, 0.5) is 29.3 Å². The number of anilines is 2. The van der Waals surface area contributed by atoms with Gasteiger partial charge in [-0.2, -0.15) is 13.2 Å². The van der Waals surface area contributed by atoms with Gasteiger partial charge in [-0.1, -0.05) is 0 Å². The molecular formula is C16H14F3N3O4. The Balaban J connectivity index is 2.05. The summed E-state index contributed by atoms with van der Waals surface area (Å²) in [6.07, 6.45) is -2.98. The number of rotatable bonds is 5. The van der Waals surface area contributed by atoms with Gasteiger partial charge in [-0.05, 0) is 24.3 Å². The molecule has 10 heteroatoms. The Morgan fingerprint density at radius 3 is 2.58 bits per heavy atom. The van der Waals surface area contributed by atoms with Gasteiger partial charge in [0.1, 0.15) is 5.75 Å². The number of amides is 2. The number of aromatic nitrogens is 1. The number of halogens is 3. The molecule has 0 saturated heterocycles. The summed E-state index contributed by atoms with van der Waals surface area (Å²) >= 11 is 0. The molecule has 2 amide bonds. The maximum Gasteiger partial charge on any atom is 0.422 e. The number of nitrogens with one attached hydrogen (secondary N) is 2. The van der Waals surface area contributed by atoms with Gasteiger partial charge in [0.2, 0.25) is 0 Å². The zero-order chi connectivity index (χ0) is 19.2. The zero-order valence-corrected chi connectivity index (χ0v) is 13.5. The van der Waals surface area contributed by atoms with Crippen LogP contribution in [0.2, 0.25) is 0 Å². The van der Waals surface area contributed by atoms with Crippen molar-refractivity contribution in [2.75, 3.05) is 24.4 Å². The molecule has 1 aromatic carbocycles. The first kappa shape index (κ1) is 19.0. The van der Waals surface area contributed by atoms with Crippen LogP contribution in [0.15, 0.2) is 42.7 Å². The molecule has 1 aromatic heterocycles. The number of benzene rings is 1. The lowest BCUT2D eigenvalue weighted by Crippen LogP contribution is -2.23. The summed E-state index contributed by atoms with van der Waals surface area (Å²) in [6.45, 7) is -1.70. The highest BCUT2D eigenvalue weighted by atomic mass is 19.4. The van der Waals surface area contributed by atoms with E-state index < -0.39 is 24.8 Å². The smallest absolute Gasteiger partial charge is 0.422 e. The third kappa shape index (κ3) is 5.65. The van der Waals surface area contributed by atoms with Crippen LogP contribution >= 0.6 is 0 Å². The van der Waals surface area contributed by atoms with Crippen molar-refractivity contribution in [1.29, 1.82) is 0 Å². The van der Waals surface area contributed by atoms with Crippen LogP contribution in [0.1, 0.15) is 10.4 Å². The van der Waals surface area contributed by atoms with E-state index in [1.807, 2.05) is 0 Å². The Morgan fingerprint density at radius 2 is 1.96 bits per heavy atom. The molecule has 0 aliphatic heterocycles. The second kappa shape index (κ2) is 8.19. The molecule has 1 heterocycles. The lowest BCUT2D eigenvalue weighted by atomic mass is 10.2. The Hall–Kier alpha value is -3.30. The number of pyridine rings is 1. The summed E-state index contributed by atoms with van der Waals surface area (Å²) < 4.78 is 45.2. The van der Waals surface area contributed by atoms with E-state index in [1.54, 1.807) is 12.1 Å². The third-order valence-corrected chi connectivity index (χ3v) is 2.99. The molecule has 26 heavy (non-hydrogen) atoms. The fraction of sp³-hybridized carbons (Fsp3) is 0.188. The number of carbonyl (C=O) groups is 2. The molecule has 0 saturated carbocycles. The van der Waals surface area contributed by atoms with E-state index in [2.05, 4.69) is 20.4 Å². The molecule has 2 aromatic rings. The fourth-order valence-corrected chi connectivity index (χ4v) is 1.87. The molecule has 0 spiro atoms. The van der Waals surface area contributed by atoms with Crippen molar-refractivity contribution in [3.63, 3.8) is 0 Å². The lowest BCUT2D eigenvalue weighted by Gasteiger charge is -2.13. The van der Waals surface area contributed by atoms with Gasteiger partial charge in [0.15, 0.2) is 6.61 Å². The quantitative estimate of drug-likeness (QED) is 0.843. The number of carbonyl (C=O) groups excluding carboxylic acids is 2. The van der Waals surface area contributed by atoms with Crippen molar-refractivity contribution >= 4 is 23.4 Å². The van der Waals surface area contributed by atoms with Gasteiger partial charge in [-0.3, -0.25) is 15.1 Å². The Morgan fingerprint density at radius 1 is 1.19 bits per heavy atom. The molecule has 0 bridgehead atoms. The Bertz CT molecular complexity index is 782. The SMILES string of the molecule is COc1cc(NC(=O)OCC(F)(F)F)ccc1NC(=O)c1cccnc1. The van der Waals surface area contributed by atoms with Gasteiger partial charge in [0, 0.05) is 24.1 Å². The zero-order valence-electron chi connectivity index (χ0n) is 13.5. The molecule has 2 rings (SSSR count). The van der Waals surface area contributed by atoms with Crippen molar-refractivity contribution in [2.45, 2.75) is 6.18 Å². The highest BCUT2D eigenvalue weighted by molar-refractivity contribution is 6.05. The molecule has 0 aliphatic rings. The van der Waals surface area contributed by atoms with Crippen molar-refractivity contribution in [1.82, 2.24) is 4.98 Å². The number of nitrogens with zero attached hydrogens (tertiary/aromatic N) is 1. The summed E-state index contributed by atoms with van der Waals surface area (Å²) in [6, 6.07) is 7.30. The van der Waals surface area contributed by atoms with Crippen LogP contribution in [0.3, 0.4) is 0 Å². The molecule has 7 nitrogen and oxygen atoms in total. The van der Waals surface area contributed by atoms with Crippen LogP contribution in [-0.4, -0.2) is 36.9 Å². The van der Waals surface area contributed by atoms with Crippen molar-refractivity contribution in [2.24, 2.45) is 0 Å². The highest BCUT2D eigenvalue weighted by Gasteiger charge is 2.29. The average molecular weight is 369 g/mol. The molecule has 0 radical (unpaired) electrons. The monoisotopic (exact) mass is 369 g/mol. The van der Waals surface area contributed by atoms with Crippen LogP contribution < -0.4 is 15.4 Å². The largest absolute Gasteiger partial charge is 0.494 e. The Kier molecular flexibility index (Phi) is 5.99. The van der Waals surface area contributed by atoms with Gasteiger partial charge >= 0.3 is 12.3 Å². The highest BCUT2D eigenvalue weighted by Crippen LogP contribution is 2.28. The average Bonchev–Trinajstić information content (AvgIpc) is 2.61. The minimum absolute atomic E-state index is 0.133. The van der Waals surface area contributed by atoms with E-state index in [0.29, 0.717) is 11.3 Å². The fourth-order valence-electron chi connectivity index (χ4n) is 1.87. The molecule has 138 valence electrons. The van der Waals surface area contributed by atoms with E-state index in [4.69, 9.17) is 4.74 Å². The van der Waals surface area contributed by atoms with Crippen LogP contribution in [0.5, 0.6) is 5.75 Å². The van der Waals surface area contributed by atoms with Crippen LogP contribution in [0, 0.1) is 0 Å². The van der Waals surface area contributed by atoms with Gasteiger partial charge in [0.05, 0.1) is 18.4 Å². The number of methoxy groups -OCH3 is 1. The van der Waals surface area contributed by atoms with Gasteiger partial charge in [-0.15, -0.1) is 0 Å². The Labute approximate surface area is 146 Å². The van der Waals surface area contributed by atoms with E-state index in [9.17, 15) is 22.8 Å². The maximum atomic E-state index is 12.1. The standard InChI is InChI=1S/C16H14F3N3O4/c1-25-13-7-11(21-15(24)26-9-16(17,18)19)4-5-12(13)22-14(23)10-3-2-6-20-8-10/h2-8H,9H2,1H3,(H,21,24)(H,22,23). The summed E-state index contributed by atoms with van der Waals surface area (Å²) in [5.41, 5.74) is 0.761. The topological polar surface area (TPSA) is 89.5 Å². The molecule has 0 unspecified atom stereocenters. The minimum atomic E-state index is -4.62. The summed E-state index contributed by atoms with van der Waals surface area (Å²) in [5.74, 6) is -0.238. The van der Waals surface area contributed by atoms with Crippen molar-refractivity contribution < 1.29 is 32.2 Å². The number of hydrogen-bond donors (Lipinski definition) is 2. The second-order valence-electron chi connectivity index (χ2n) is 4.93. The number of hydrogen-bond acceptors (Lipinski definition) is 5. The molecule has 0 fully saturated rings. The van der Waals surface area contributed by atoms with Crippen LogP contribution in [0.25, 0.3) is 0 Å². The lowest BCUT2D eigenvalue weighted by molar-refractivity contribution is -0.159. The normalized spacial score (nSPS) is 10.8. The van der Waals surface area contributed by atoms with E-state index in [-0.39, 0.29) is 11.4 Å². The molecule has 0 aliphatic carbocycles. The first-order valence-electron chi connectivity index (χ1n) is 7.18. The van der Waals surface area contributed by atoms with Gasteiger partial charge < -0.3 is 14.8 Å². The van der Waals surface area contributed by atoms with Crippen molar-refractivity contribution in [3.05, 3.63) is 48.3 Å². The molecular weight excluding hydrogens is 355 g/mol. The van der Waals surface area contributed by atoms with Crippen LogP contribution in [-0.2, 0) is 4.74 Å². The minimum Gasteiger partial charge on any atom is -0.494 e. The maximum absolute atomic E-state index is 12.1. The van der Waals surface area contributed by atoms with E-state index in [1.165, 1.54) is 37.7 Å². The number of alkyl halides is 3. The molecule has 2 N–H and O–H groups in total. The van der Waals surface area contributed by atoms with Gasteiger partial charge in [0.25, 0.3) is 5.91 Å². The first-order valence-corrected chi connectivity index (χ1v) is 7.18. The van der Waals surface area contributed by atoms with Gasteiger partial charge in [-0.25, -0.2) is 4.79 Å².